The van der Waals surface area contributed by atoms with Crippen LogP contribution in [0.1, 0.15) is 16.8 Å². The van der Waals surface area contributed by atoms with Crippen LogP contribution in [-0.4, -0.2) is 26.6 Å². The highest BCUT2D eigenvalue weighted by atomic mass is 35.5. The number of anilines is 1. The third kappa shape index (κ3) is 2.68. The van der Waals surface area contributed by atoms with Gasteiger partial charge in [0.2, 0.25) is 5.95 Å². The summed E-state index contributed by atoms with van der Waals surface area (Å²) >= 11 is 12.3. The molecule has 0 saturated heterocycles. The molecule has 8 heteroatoms. The lowest BCUT2D eigenvalue weighted by Crippen LogP contribution is -2.07. The zero-order chi connectivity index (χ0) is 16.7. The fourth-order valence-corrected chi connectivity index (χ4v) is 3.01. The van der Waals surface area contributed by atoms with E-state index in [-0.39, 0.29) is 5.95 Å². The van der Waals surface area contributed by atoms with Gasteiger partial charge in [-0.1, -0.05) is 23.2 Å². The summed E-state index contributed by atoms with van der Waals surface area (Å²) in [6.07, 6.45) is 1.87. The fraction of sp³-hybridized carbons (Fsp3) is 0.267. The van der Waals surface area contributed by atoms with Gasteiger partial charge in [0.05, 0.1) is 24.7 Å². The molecule has 2 N–H and O–H groups in total. The molecule has 3 aromatic rings. The normalized spacial score (nSPS) is 11.2. The molecule has 0 aromatic carbocycles. The Morgan fingerprint density at radius 3 is 2.57 bits per heavy atom. The van der Waals surface area contributed by atoms with Crippen molar-refractivity contribution in [3.63, 3.8) is 0 Å². The molecule has 0 unspecified atom stereocenters. The van der Waals surface area contributed by atoms with Crippen LogP contribution < -0.4 is 10.5 Å². The van der Waals surface area contributed by atoms with Crippen LogP contribution in [0.4, 0.5) is 5.95 Å². The van der Waals surface area contributed by atoms with Crippen molar-refractivity contribution in [2.24, 2.45) is 0 Å². The Bertz CT molecular complexity index is 907. The van der Waals surface area contributed by atoms with Crippen molar-refractivity contribution in [2.45, 2.75) is 20.4 Å². The Morgan fingerprint density at radius 1 is 1.13 bits per heavy atom. The van der Waals surface area contributed by atoms with Crippen molar-refractivity contribution in [3.05, 3.63) is 39.4 Å². The average Bonchev–Trinajstić information content (AvgIpc) is 2.89. The number of rotatable bonds is 3. The molecule has 0 amide bonds. The molecule has 0 bridgehead atoms. The van der Waals surface area contributed by atoms with Crippen molar-refractivity contribution >= 4 is 40.2 Å². The molecule has 6 nitrogen and oxygen atoms in total. The number of nitrogens with zero attached hydrogens (tertiary/aromatic N) is 4. The van der Waals surface area contributed by atoms with Crippen LogP contribution >= 0.6 is 23.2 Å². The van der Waals surface area contributed by atoms with Crippen LogP contribution in [0.2, 0.25) is 10.3 Å². The van der Waals surface area contributed by atoms with E-state index in [0.29, 0.717) is 22.5 Å². The molecule has 0 radical (unpaired) electrons. The van der Waals surface area contributed by atoms with Gasteiger partial charge in [0, 0.05) is 17.3 Å². The summed E-state index contributed by atoms with van der Waals surface area (Å²) in [7, 11) is 1.62. The highest BCUT2D eigenvalue weighted by Gasteiger charge is 2.16. The predicted octanol–water partition coefficient (Wildman–Crippen LogP) is 3.39. The maximum atomic E-state index is 6.21. The molecule has 0 saturated carbocycles. The smallest absolute Gasteiger partial charge is 0.223 e. The van der Waals surface area contributed by atoms with E-state index < -0.39 is 0 Å². The van der Waals surface area contributed by atoms with Gasteiger partial charge in [0.15, 0.2) is 0 Å². The van der Waals surface area contributed by atoms with Gasteiger partial charge in [-0.05, 0) is 19.9 Å². The SMILES string of the molecule is COc1c(C)c(Cl)nc(Cn2ccc3c(Cl)nc(N)nc32)c1C. The summed E-state index contributed by atoms with van der Waals surface area (Å²) in [4.78, 5) is 12.7. The lowest BCUT2D eigenvalue weighted by molar-refractivity contribution is 0.406. The van der Waals surface area contributed by atoms with Crippen LogP contribution in [0.25, 0.3) is 11.0 Å². The lowest BCUT2D eigenvalue weighted by Gasteiger charge is -2.14. The quantitative estimate of drug-likeness (QED) is 0.577. The van der Waals surface area contributed by atoms with E-state index in [0.717, 1.165) is 28.0 Å². The molecule has 0 spiro atoms. The second kappa shape index (κ2) is 5.86. The summed E-state index contributed by atoms with van der Waals surface area (Å²) in [6.45, 7) is 4.30. The van der Waals surface area contributed by atoms with Gasteiger partial charge < -0.3 is 15.0 Å². The zero-order valence-electron chi connectivity index (χ0n) is 12.9. The number of pyridine rings is 1. The maximum absolute atomic E-state index is 6.21. The van der Waals surface area contributed by atoms with E-state index >= 15 is 0 Å². The standard InChI is InChI=1S/C15H15Cl2N5O/c1-7-10(19-12(16)8(2)11(7)23-3)6-22-5-4-9-13(17)20-15(18)21-14(9)22/h4-5H,6H2,1-3H3,(H2,18,20,21). The van der Waals surface area contributed by atoms with Crippen LogP contribution in [0.5, 0.6) is 5.75 Å². The number of aromatic nitrogens is 4. The van der Waals surface area contributed by atoms with Crippen LogP contribution in [-0.2, 0) is 6.54 Å². The van der Waals surface area contributed by atoms with Gasteiger partial charge >= 0.3 is 0 Å². The van der Waals surface area contributed by atoms with Crippen LogP contribution in [0.15, 0.2) is 12.3 Å². The van der Waals surface area contributed by atoms with Gasteiger partial charge in [-0.25, -0.2) is 9.97 Å². The molecule has 3 aromatic heterocycles. The van der Waals surface area contributed by atoms with Crippen molar-refractivity contribution in [1.29, 1.82) is 0 Å². The predicted molar refractivity (Wildman–Crippen MR) is 91.3 cm³/mol. The third-order valence-corrected chi connectivity index (χ3v) is 4.43. The number of halogens is 2. The molecule has 0 aliphatic carbocycles. The molecule has 0 aliphatic rings. The summed E-state index contributed by atoms with van der Waals surface area (Å²) in [6, 6.07) is 1.85. The van der Waals surface area contributed by atoms with Gasteiger partial charge in [-0.15, -0.1) is 0 Å². The molecular weight excluding hydrogens is 337 g/mol. The summed E-state index contributed by atoms with van der Waals surface area (Å²) in [5.74, 6) is 0.871. The number of nitrogens with two attached hydrogens (primary N) is 1. The molecule has 120 valence electrons. The Kier molecular flexibility index (Phi) is 4.04. The first-order valence-electron chi connectivity index (χ1n) is 6.89. The Labute approximate surface area is 143 Å². The van der Waals surface area contributed by atoms with E-state index in [1.54, 1.807) is 7.11 Å². The first-order valence-corrected chi connectivity index (χ1v) is 7.65. The number of nitrogen functional groups attached to an aromatic ring is 1. The molecule has 0 fully saturated rings. The number of hydrogen-bond acceptors (Lipinski definition) is 5. The number of fused-ring (bicyclic) bond motifs is 1. The minimum absolute atomic E-state index is 0.131. The third-order valence-electron chi connectivity index (χ3n) is 3.77. The zero-order valence-corrected chi connectivity index (χ0v) is 14.4. The monoisotopic (exact) mass is 351 g/mol. The van der Waals surface area contributed by atoms with Crippen LogP contribution in [0, 0.1) is 13.8 Å². The molecule has 0 aliphatic heterocycles. The summed E-state index contributed by atoms with van der Waals surface area (Å²) < 4.78 is 7.34. The largest absolute Gasteiger partial charge is 0.496 e. The van der Waals surface area contributed by atoms with E-state index in [1.807, 2.05) is 30.7 Å². The molecular formula is C15H15Cl2N5O. The lowest BCUT2D eigenvalue weighted by atomic mass is 10.1. The molecule has 0 atom stereocenters. The molecule has 23 heavy (non-hydrogen) atoms. The second-order valence-electron chi connectivity index (χ2n) is 5.19. The highest BCUT2D eigenvalue weighted by Crippen LogP contribution is 2.31. The summed E-state index contributed by atoms with van der Waals surface area (Å²) in [5, 5.41) is 1.49. The van der Waals surface area contributed by atoms with Crippen LogP contribution in [0.3, 0.4) is 0 Å². The van der Waals surface area contributed by atoms with E-state index in [9.17, 15) is 0 Å². The number of hydrogen-bond donors (Lipinski definition) is 1. The second-order valence-corrected chi connectivity index (χ2v) is 5.90. The Hall–Kier alpha value is -2.05. The highest BCUT2D eigenvalue weighted by molar-refractivity contribution is 6.34. The van der Waals surface area contributed by atoms with Gasteiger partial charge in [-0.2, -0.15) is 4.98 Å². The van der Waals surface area contributed by atoms with Crippen molar-refractivity contribution in [2.75, 3.05) is 12.8 Å². The average molecular weight is 352 g/mol. The minimum Gasteiger partial charge on any atom is -0.496 e. The number of methoxy groups -OCH3 is 1. The topological polar surface area (TPSA) is 78.8 Å². The number of ether oxygens (including phenoxy) is 1. The van der Waals surface area contributed by atoms with E-state index in [1.165, 1.54) is 0 Å². The first-order chi connectivity index (χ1) is 10.9. The first kappa shape index (κ1) is 15.8. The van der Waals surface area contributed by atoms with Gasteiger partial charge in [0.1, 0.15) is 21.7 Å². The van der Waals surface area contributed by atoms with Crippen molar-refractivity contribution < 1.29 is 4.74 Å². The Balaban J connectivity index is 2.12. The Morgan fingerprint density at radius 2 is 1.87 bits per heavy atom. The van der Waals surface area contributed by atoms with E-state index in [2.05, 4.69) is 15.0 Å². The molecule has 3 rings (SSSR count). The van der Waals surface area contributed by atoms with Gasteiger partial charge in [0.25, 0.3) is 0 Å². The molecule has 3 heterocycles. The van der Waals surface area contributed by atoms with E-state index in [4.69, 9.17) is 33.7 Å². The summed E-state index contributed by atoms with van der Waals surface area (Å²) in [5.41, 5.74) is 8.89. The van der Waals surface area contributed by atoms with Crippen molar-refractivity contribution in [1.82, 2.24) is 19.5 Å². The van der Waals surface area contributed by atoms with Gasteiger partial charge in [-0.3, -0.25) is 0 Å². The fourth-order valence-electron chi connectivity index (χ4n) is 2.59. The van der Waals surface area contributed by atoms with Crippen molar-refractivity contribution in [3.8, 4) is 5.75 Å². The maximum Gasteiger partial charge on any atom is 0.223 e. The minimum atomic E-state index is 0.131.